The third kappa shape index (κ3) is 6.27. The van der Waals surface area contributed by atoms with Crippen LogP contribution in [0.25, 0.3) is 0 Å². The average Bonchev–Trinajstić information content (AvgIpc) is 2.78. The molecule has 0 aromatic heterocycles. The maximum absolute atomic E-state index is 12.8. The molecule has 0 unspecified atom stereocenters. The van der Waals surface area contributed by atoms with Crippen molar-refractivity contribution in [3.05, 3.63) is 54.1 Å². The second-order valence-corrected chi connectivity index (χ2v) is 9.19. The summed E-state index contributed by atoms with van der Waals surface area (Å²) < 4.78 is 37.8. The minimum absolute atomic E-state index is 0.226. The van der Waals surface area contributed by atoms with E-state index in [0.29, 0.717) is 63.0 Å². The Morgan fingerprint density at radius 2 is 1.61 bits per heavy atom. The smallest absolute Gasteiger partial charge is 0.255 e. The highest BCUT2D eigenvalue weighted by Gasteiger charge is 2.27. The lowest BCUT2D eigenvalue weighted by atomic mass is 10.2. The molecule has 1 aliphatic rings. The van der Waals surface area contributed by atoms with Gasteiger partial charge in [-0.3, -0.25) is 4.79 Å². The Labute approximate surface area is 183 Å². The highest BCUT2D eigenvalue weighted by atomic mass is 32.2. The number of hydrogen-bond acceptors (Lipinski definition) is 6. The Morgan fingerprint density at radius 3 is 2.23 bits per heavy atom. The molecule has 1 aliphatic heterocycles. The number of carbonyl (C=O) groups is 1. The molecule has 0 spiro atoms. The lowest BCUT2D eigenvalue weighted by Crippen LogP contribution is -2.46. The molecule has 9 heteroatoms. The predicted octanol–water partition coefficient (Wildman–Crippen LogP) is 2.29. The van der Waals surface area contributed by atoms with Crippen LogP contribution in [-0.4, -0.2) is 76.6 Å². The van der Waals surface area contributed by atoms with Crippen LogP contribution in [0.1, 0.15) is 17.3 Å². The number of nitrogens with zero attached hydrogens (tertiary/aromatic N) is 2. The first-order valence-corrected chi connectivity index (χ1v) is 11.7. The second kappa shape index (κ2) is 10.7. The van der Waals surface area contributed by atoms with E-state index in [0.717, 1.165) is 0 Å². The minimum atomic E-state index is -3.53. The summed E-state index contributed by atoms with van der Waals surface area (Å²) >= 11 is 0. The summed E-state index contributed by atoms with van der Waals surface area (Å²) in [6.07, 6.45) is 0. The van der Waals surface area contributed by atoms with Gasteiger partial charge >= 0.3 is 0 Å². The van der Waals surface area contributed by atoms with E-state index in [1.165, 1.54) is 16.4 Å². The molecule has 2 aromatic rings. The van der Waals surface area contributed by atoms with Gasteiger partial charge in [0, 0.05) is 44.0 Å². The van der Waals surface area contributed by atoms with Gasteiger partial charge in [-0.2, -0.15) is 4.31 Å². The van der Waals surface area contributed by atoms with Gasteiger partial charge in [-0.05, 0) is 62.5 Å². The molecule has 1 amide bonds. The van der Waals surface area contributed by atoms with E-state index < -0.39 is 10.0 Å². The lowest BCUT2D eigenvalue weighted by Gasteiger charge is -2.31. The maximum Gasteiger partial charge on any atom is 0.255 e. The van der Waals surface area contributed by atoms with Crippen molar-refractivity contribution in [2.45, 2.75) is 11.8 Å². The fourth-order valence-electron chi connectivity index (χ4n) is 3.16. The summed E-state index contributed by atoms with van der Waals surface area (Å²) in [7, 11) is -1.55. The molecular formula is C22H29N3O5S. The maximum atomic E-state index is 12.8. The second-order valence-electron chi connectivity index (χ2n) is 7.26. The number of piperazine rings is 1. The molecule has 1 heterocycles. The van der Waals surface area contributed by atoms with Gasteiger partial charge in [0.25, 0.3) is 5.91 Å². The average molecular weight is 448 g/mol. The van der Waals surface area contributed by atoms with Gasteiger partial charge in [0.1, 0.15) is 12.4 Å². The number of hydrogen-bond donors (Lipinski definition) is 1. The zero-order valence-corrected chi connectivity index (χ0v) is 18.7. The van der Waals surface area contributed by atoms with Gasteiger partial charge in [-0.15, -0.1) is 0 Å². The van der Waals surface area contributed by atoms with Crippen molar-refractivity contribution in [3.63, 3.8) is 0 Å². The zero-order chi connectivity index (χ0) is 22.3. The summed E-state index contributed by atoms with van der Waals surface area (Å²) in [6.45, 7) is 5.90. The highest BCUT2D eigenvalue weighted by molar-refractivity contribution is 7.89. The molecule has 0 saturated carbocycles. The van der Waals surface area contributed by atoms with E-state index in [1.54, 1.807) is 36.4 Å². The molecule has 0 radical (unpaired) electrons. The largest absolute Gasteiger partial charge is 0.491 e. The third-order valence-electron chi connectivity index (χ3n) is 5.03. The van der Waals surface area contributed by atoms with Crippen molar-refractivity contribution >= 4 is 21.6 Å². The number of ether oxygens (including phenoxy) is 2. The molecule has 168 valence electrons. The number of benzene rings is 2. The quantitative estimate of drug-likeness (QED) is 0.594. The van der Waals surface area contributed by atoms with Crippen LogP contribution in [0.3, 0.4) is 0 Å². The van der Waals surface area contributed by atoms with Gasteiger partial charge in [0.05, 0.1) is 11.5 Å². The lowest BCUT2D eigenvalue weighted by molar-refractivity contribution is 0.102. The number of rotatable bonds is 9. The third-order valence-corrected chi connectivity index (χ3v) is 6.94. The van der Waals surface area contributed by atoms with E-state index in [2.05, 4.69) is 10.2 Å². The number of carbonyl (C=O) groups excluding carboxylic acids is 1. The molecule has 8 nitrogen and oxygen atoms in total. The minimum Gasteiger partial charge on any atom is -0.491 e. The van der Waals surface area contributed by atoms with Crippen LogP contribution in [0, 0.1) is 0 Å². The van der Waals surface area contributed by atoms with Crippen molar-refractivity contribution in [2.75, 3.05) is 58.4 Å². The first-order valence-electron chi connectivity index (χ1n) is 10.3. The van der Waals surface area contributed by atoms with E-state index in [9.17, 15) is 13.2 Å². The molecule has 2 aromatic carbocycles. The van der Waals surface area contributed by atoms with Crippen LogP contribution >= 0.6 is 0 Å². The number of anilines is 1. The number of sulfonamides is 1. The zero-order valence-electron chi connectivity index (χ0n) is 17.9. The number of amides is 1. The van der Waals surface area contributed by atoms with Crippen molar-refractivity contribution in [1.29, 1.82) is 0 Å². The summed E-state index contributed by atoms with van der Waals surface area (Å²) in [4.78, 5) is 14.8. The van der Waals surface area contributed by atoms with Crippen LogP contribution in [0.5, 0.6) is 5.75 Å². The fraction of sp³-hybridized carbons (Fsp3) is 0.409. The Bertz CT molecular complexity index is 954. The predicted molar refractivity (Wildman–Crippen MR) is 119 cm³/mol. The van der Waals surface area contributed by atoms with Crippen LogP contribution in [0.2, 0.25) is 0 Å². The molecular weight excluding hydrogens is 418 g/mol. The monoisotopic (exact) mass is 447 g/mol. The van der Waals surface area contributed by atoms with Crippen LogP contribution in [0.4, 0.5) is 5.69 Å². The van der Waals surface area contributed by atoms with Gasteiger partial charge < -0.3 is 19.7 Å². The Balaban J connectivity index is 1.57. The first kappa shape index (κ1) is 23.2. The summed E-state index contributed by atoms with van der Waals surface area (Å²) in [6, 6.07) is 13.1. The normalized spacial score (nSPS) is 15.5. The van der Waals surface area contributed by atoms with Crippen molar-refractivity contribution in [2.24, 2.45) is 0 Å². The van der Waals surface area contributed by atoms with Crippen molar-refractivity contribution < 1.29 is 22.7 Å². The number of nitrogens with one attached hydrogen (secondary N) is 1. The Kier molecular flexibility index (Phi) is 8.03. The van der Waals surface area contributed by atoms with Gasteiger partial charge in [-0.25, -0.2) is 8.42 Å². The van der Waals surface area contributed by atoms with Gasteiger partial charge in [0.15, 0.2) is 0 Å². The van der Waals surface area contributed by atoms with Gasteiger partial charge in [-0.1, -0.05) is 0 Å². The molecule has 0 aliphatic carbocycles. The Hall–Kier alpha value is -2.46. The van der Waals surface area contributed by atoms with Crippen molar-refractivity contribution in [3.8, 4) is 5.75 Å². The van der Waals surface area contributed by atoms with Crippen LogP contribution in [-0.2, 0) is 14.8 Å². The van der Waals surface area contributed by atoms with Gasteiger partial charge in [0.2, 0.25) is 10.0 Å². The summed E-state index contributed by atoms with van der Waals surface area (Å²) in [5.41, 5.74) is 1.01. The number of likely N-dealkylation sites (N-methyl/N-ethyl adjacent to an activating group) is 1. The summed E-state index contributed by atoms with van der Waals surface area (Å²) in [5, 5.41) is 2.79. The molecule has 0 bridgehead atoms. The standard InChI is InChI=1S/C22H29N3O5S/c1-3-29-16-17-30-20-8-4-18(5-9-20)22(26)23-19-6-10-21(11-7-19)31(27,28)25-14-12-24(2)13-15-25/h4-11H,3,12-17H2,1-2H3,(H,23,26). The van der Waals surface area contributed by atoms with E-state index in [1.807, 2.05) is 14.0 Å². The SMILES string of the molecule is CCOCCOc1ccc(C(=O)Nc2ccc(S(=O)(=O)N3CCN(C)CC3)cc2)cc1. The van der Waals surface area contributed by atoms with E-state index >= 15 is 0 Å². The fourth-order valence-corrected chi connectivity index (χ4v) is 4.58. The highest BCUT2D eigenvalue weighted by Crippen LogP contribution is 2.20. The topological polar surface area (TPSA) is 88.2 Å². The molecule has 1 saturated heterocycles. The van der Waals surface area contributed by atoms with Crippen LogP contribution < -0.4 is 10.1 Å². The van der Waals surface area contributed by atoms with E-state index in [4.69, 9.17) is 9.47 Å². The molecule has 31 heavy (non-hydrogen) atoms. The molecule has 1 N–H and O–H groups in total. The Morgan fingerprint density at radius 1 is 0.968 bits per heavy atom. The molecule has 1 fully saturated rings. The first-order chi connectivity index (χ1) is 14.9. The molecule has 3 rings (SSSR count). The van der Waals surface area contributed by atoms with Crippen LogP contribution in [0.15, 0.2) is 53.4 Å². The van der Waals surface area contributed by atoms with Crippen molar-refractivity contribution in [1.82, 2.24) is 9.21 Å². The van der Waals surface area contributed by atoms with E-state index in [-0.39, 0.29) is 10.8 Å². The summed E-state index contributed by atoms with van der Waals surface area (Å²) in [5.74, 6) is 0.380. The molecule has 0 atom stereocenters.